The van der Waals surface area contributed by atoms with Gasteiger partial charge in [0.05, 0.1) is 12.1 Å². The summed E-state index contributed by atoms with van der Waals surface area (Å²) in [4.78, 5) is 14.9. The molecular weight excluding hydrogens is 444 g/mol. The first-order valence-electron chi connectivity index (χ1n) is 10.7. The molecule has 7 heteroatoms. The first-order valence-corrected chi connectivity index (χ1v) is 10.7. The lowest BCUT2D eigenvalue weighted by molar-refractivity contribution is -0.137. The monoisotopic (exact) mass is 466 g/mol. The van der Waals surface area contributed by atoms with E-state index in [0.29, 0.717) is 6.54 Å². The van der Waals surface area contributed by atoms with Crippen molar-refractivity contribution in [3.63, 3.8) is 0 Å². The van der Waals surface area contributed by atoms with Crippen LogP contribution in [0.4, 0.5) is 17.6 Å². The molecule has 3 nitrogen and oxygen atoms in total. The van der Waals surface area contributed by atoms with Gasteiger partial charge in [0.1, 0.15) is 5.82 Å². The molecule has 3 aromatic carbocycles. The summed E-state index contributed by atoms with van der Waals surface area (Å²) < 4.78 is 54.8. The average molecular weight is 466 g/mol. The molecule has 4 aromatic rings. The number of hydrogen-bond donors (Lipinski definition) is 0. The lowest BCUT2D eigenvalue weighted by Gasteiger charge is -2.24. The number of halogens is 4. The summed E-state index contributed by atoms with van der Waals surface area (Å²) in [6.07, 6.45) is -2.68. The standard InChI is InChI=1S/C27H22F4N2O/c28-24-13-11-21(12-14-24)17-32-15-5-10-25(32)19-33(18-20-6-2-1-3-7-20)26(34)22-8-4-9-23(16-22)27(29,30)31/h1-16H,17-19H2. The van der Waals surface area contributed by atoms with Crippen LogP contribution in [0.2, 0.25) is 0 Å². The van der Waals surface area contributed by atoms with Crippen molar-refractivity contribution in [1.29, 1.82) is 0 Å². The van der Waals surface area contributed by atoms with Gasteiger partial charge in [-0.15, -0.1) is 0 Å². The van der Waals surface area contributed by atoms with Gasteiger partial charge in [-0.25, -0.2) is 4.39 Å². The molecule has 0 fully saturated rings. The fraction of sp³-hybridized carbons (Fsp3) is 0.148. The highest BCUT2D eigenvalue weighted by molar-refractivity contribution is 5.94. The molecule has 0 unspecified atom stereocenters. The van der Waals surface area contributed by atoms with Gasteiger partial charge in [-0.2, -0.15) is 13.2 Å². The van der Waals surface area contributed by atoms with E-state index in [2.05, 4.69) is 0 Å². The van der Waals surface area contributed by atoms with Crippen LogP contribution in [0.3, 0.4) is 0 Å². The van der Waals surface area contributed by atoms with E-state index >= 15 is 0 Å². The third kappa shape index (κ3) is 5.73. The molecule has 0 atom stereocenters. The highest BCUT2D eigenvalue weighted by Gasteiger charge is 2.31. The van der Waals surface area contributed by atoms with E-state index in [1.807, 2.05) is 53.2 Å². The zero-order valence-electron chi connectivity index (χ0n) is 18.2. The molecule has 0 saturated heterocycles. The Labute approximate surface area is 194 Å². The third-order valence-electron chi connectivity index (χ3n) is 5.48. The molecule has 4 rings (SSSR count). The van der Waals surface area contributed by atoms with Crippen molar-refractivity contribution in [2.24, 2.45) is 0 Å². The van der Waals surface area contributed by atoms with Gasteiger partial charge in [-0.05, 0) is 53.6 Å². The molecule has 1 heterocycles. The molecule has 0 N–H and O–H groups in total. The molecule has 1 amide bonds. The molecule has 0 aliphatic heterocycles. The van der Waals surface area contributed by atoms with E-state index in [4.69, 9.17) is 0 Å². The van der Waals surface area contributed by atoms with Crippen molar-refractivity contribution in [3.8, 4) is 0 Å². The fourth-order valence-electron chi connectivity index (χ4n) is 3.74. The van der Waals surface area contributed by atoms with Crippen LogP contribution in [0.25, 0.3) is 0 Å². The van der Waals surface area contributed by atoms with Crippen LogP contribution in [0, 0.1) is 5.82 Å². The number of alkyl halides is 3. The van der Waals surface area contributed by atoms with Crippen LogP contribution in [0.1, 0.15) is 32.7 Å². The summed E-state index contributed by atoms with van der Waals surface area (Å²) in [6.45, 7) is 0.898. The van der Waals surface area contributed by atoms with E-state index in [1.165, 1.54) is 29.2 Å². The molecule has 0 spiro atoms. The topological polar surface area (TPSA) is 25.2 Å². The van der Waals surface area contributed by atoms with Crippen molar-refractivity contribution < 1.29 is 22.4 Å². The van der Waals surface area contributed by atoms with Gasteiger partial charge < -0.3 is 9.47 Å². The molecule has 34 heavy (non-hydrogen) atoms. The van der Waals surface area contributed by atoms with Crippen molar-refractivity contribution in [3.05, 3.63) is 131 Å². The predicted molar refractivity (Wildman–Crippen MR) is 121 cm³/mol. The first kappa shape index (κ1) is 23.3. The van der Waals surface area contributed by atoms with Crippen molar-refractivity contribution in [2.75, 3.05) is 0 Å². The van der Waals surface area contributed by atoms with Gasteiger partial charge in [0.15, 0.2) is 0 Å². The highest BCUT2D eigenvalue weighted by Crippen LogP contribution is 2.30. The SMILES string of the molecule is O=C(c1cccc(C(F)(F)F)c1)N(Cc1ccccc1)Cc1cccn1Cc1ccc(F)cc1. The second kappa shape index (κ2) is 9.95. The minimum absolute atomic E-state index is 0.0256. The molecule has 0 radical (unpaired) electrons. The Hall–Kier alpha value is -3.87. The van der Waals surface area contributed by atoms with Crippen molar-refractivity contribution in [2.45, 2.75) is 25.8 Å². The summed E-state index contributed by atoms with van der Waals surface area (Å²) in [6, 6.07) is 23.6. The van der Waals surface area contributed by atoms with Crippen LogP contribution in [0.15, 0.2) is 97.2 Å². The summed E-state index contributed by atoms with van der Waals surface area (Å²) in [5.74, 6) is -0.818. The van der Waals surface area contributed by atoms with Gasteiger partial charge in [-0.3, -0.25) is 4.79 Å². The summed E-state index contributed by atoms with van der Waals surface area (Å²) in [5, 5.41) is 0. The van der Waals surface area contributed by atoms with Gasteiger partial charge in [0.2, 0.25) is 0 Å². The first-order chi connectivity index (χ1) is 16.3. The maximum atomic E-state index is 13.4. The van der Waals surface area contributed by atoms with Crippen LogP contribution >= 0.6 is 0 Å². The lowest BCUT2D eigenvalue weighted by atomic mass is 10.1. The van der Waals surface area contributed by atoms with Crippen LogP contribution in [0.5, 0.6) is 0 Å². The van der Waals surface area contributed by atoms with E-state index < -0.39 is 17.6 Å². The second-order valence-electron chi connectivity index (χ2n) is 7.98. The number of hydrogen-bond acceptors (Lipinski definition) is 1. The van der Waals surface area contributed by atoms with Crippen LogP contribution in [-0.4, -0.2) is 15.4 Å². The Morgan fingerprint density at radius 1 is 0.794 bits per heavy atom. The van der Waals surface area contributed by atoms with E-state index in [-0.39, 0.29) is 24.5 Å². The molecular formula is C27H22F4N2O. The number of nitrogens with zero attached hydrogens (tertiary/aromatic N) is 2. The predicted octanol–water partition coefficient (Wildman–Crippen LogP) is 6.54. The third-order valence-corrected chi connectivity index (χ3v) is 5.48. The molecule has 0 aliphatic carbocycles. The normalized spacial score (nSPS) is 11.4. The number of carbonyl (C=O) groups excluding carboxylic acids is 1. The summed E-state index contributed by atoms with van der Waals surface area (Å²) >= 11 is 0. The van der Waals surface area contributed by atoms with Gasteiger partial charge in [-0.1, -0.05) is 48.5 Å². The zero-order valence-corrected chi connectivity index (χ0v) is 18.2. The lowest BCUT2D eigenvalue weighted by Crippen LogP contribution is -2.31. The van der Waals surface area contributed by atoms with Gasteiger partial charge in [0.25, 0.3) is 5.91 Å². The molecule has 0 saturated carbocycles. The Balaban J connectivity index is 1.62. The molecule has 174 valence electrons. The number of benzene rings is 3. The Bertz CT molecular complexity index is 1250. The number of aromatic nitrogens is 1. The van der Waals surface area contributed by atoms with Gasteiger partial charge in [0, 0.05) is 30.5 Å². The van der Waals surface area contributed by atoms with E-state index in [9.17, 15) is 22.4 Å². The van der Waals surface area contributed by atoms with E-state index in [0.717, 1.165) is 29.0 Å². The minimum atomic E-state index is -4.54. The van der Waals surface area contributed by atoms with Crippen molar-refractivity contribution in [1.82, 2.24) is 9.47 Å². The summed E-state index contributed by atoms with van der Waals surface area (Å²) in [5.41, 5.74) is 1.66. The minimum Gasteiger partial charge on any atom is -0.345 e. The number of carbonyl (C=O) groups is 1. The average Bonchev–Trinajstić information content (AvgIpc) is 3.26. The summed E-state index contributed by atoms with van der Waals surface area (Å²) in [7, 11) is 0. The van der Waals surface area contributed by atoms with Crippen molar-refractivity contribution >= 4 is 5.91 Å². The number of amides is 1. The number of rotatable bonds is 7. The quantitative estimate of drug-likeness (QED) is 0.284. The maximum absolute atomic E-state index is 13.4. The molecule has 1 aromatic heterocycles. The Morgan fingerprint density at radius 2 is 1.53 bits per heavy atom. The van der Waals surface area contributed by atoms with Gasteiger partial charge >= 0.3 is 6.18 Å². The van der Waals surface area contributed by atoms with E-state index in [1.54, 1.807) is 12.1 Å². The second-order valence-corrected chi connectivity index (χ2v) is 7.98. The fourth-order valence-corrected chi connectivity index (χ4v) is 3.74. The zero-order chi connectivity index (χ0) is 24.1. The Kier molecular flexibility index (Phi) is 6.82. The largest absolute Gasteiger partial charge is 0.416 e. The smallest absolute Gasteiger partial charge is 0.345 e. The maximum Gasteiger partial charge on any atom is 0.416 e. The molecule has 0 bridgehead atoms. The van der Waals surface area contributed by atoms with Crippen LogP contribution < -0.4 is 0 Å². The molecule has 0 aliphatic rings. The highest BCUT2D eigenvalue weighted by atomic mass is 19.4. The Morgan fingerprint density at radius 3 is 2.24 bits per heavy atom. The van der Waals surface area contributed by atoms with Crippen LogP contribution in [-0.2, 0) is 25.8 Å².